The number of fused-ring (bicyclic) bond motifs is 5. The number of Topliss-reactive ketones (excluding diaryl/α,β-unsaturated/α-hetero) is 1. The third-order valence-corrected chi connectivity index (χ3v) is 13.9. The summed E-state index contributed by atoms with van der Waals surface area (Å²) in [5.41, 5.74) is -7.61. The van der Waals surface area contributed by atoms with Crippen molar-refractivity contribution in [3.63, 3.8) is 0 Å². The summed E-state index contributed by atoms with van der Waals surface area (Å²) in [7, 11) is 0. The van der Waals surface area contributed by atoms with Gasteiger partial charge in [-0.1, -0.05) is 51.1 Å². The average Bonchev–Trinajstić information content (AvgIpc) is 3.20. The Kier molecular flexibility index (Phi) is 15.5. The third-order valence-electron chi connectivity index (χ3n) is 13.9. The van der Waals surface area contributed by atoms with E-state index >= 15 is 4.79 Å². The SMILES string of the molecule is CC1=C2C(OC(=O)COC3OC(CO)C(O)C(O)C3O)C(=O)[C@]3(C)C(O)CC4OCC4(O)C3[C@H](C)C(O)(CC1OC(=O)C(O)C(NC(=O)OC(C)(C)C)c1ccccc1)C2(C)C.[Ac]. The molecule has 1 aromatic carbocycles. The average molecular weight is 1110 g/mol. The van der Waals surface area contributed by atoms with Gasteiger partial charge in [0.25, 0.3) is 0 Å². The number of alkyl carbamates (subject to hydrolysis) is 1. The van der Waals surface area contributed by atoms with Crippen LogP contribution in [0.4, 0.5) is 4.79 Å². The maximum Gasteiger partial charge on any atom is 0.408 e. The number of aliphatic hydroxyl groups is 8. The van der Waals surface area contributed by atoms with Crippen molar-refractivity contribution >= 4 is 23.8 Å². The molecule has 19 nitrogen and oxygen atoms in total. The Hall–Kier alpha value is -2.16. The summed E-state index contributed by atoms with van der Waals surface area (Å²) in [5, 5.41) is 91.9. The van der Waals surface area contributed by atoms with Gasteiger partial charge in [0, 0.05) is 68.2 Å². The second-order valence-corrected chi connectivity index (χ2v) is 19.1. The molecule has 0 spiro atoms. The summed E-state index contributed by atoms with van der Waals surface area (Å²) in [6.07, 6.45) is -17.7. The summed E-state index contributed by atoms with van der Waals surface area (Å²) in [6.45, 7) is 10.6. The van der Waals surface area contributed by atoms with E-state index in [1.54, 1.807) is 71.9 Å². The van der Waals surface area contributed by atoms with Gasteiger partial charge < -0.3 is 74.6 Å². The van der Waals surface area contributed by atoms with E-state index in [1.807, 2.05) is 0 Å². The number of nitrogens with one attached hydrogen (secondary N) is 1. The number of aliphatic hydroxyl groups excluding tert-OH is 6. The second kappa shape index (κ2) is 18.8. The van der Waals surface area contributed by atoms with Crippen LogP contribution in [0.5, 0.6) is 0 Å². The number of amides is 1. The summed E-state index contributed by atoms with van der Waals surface area (Å²) in [6, 6.07) is 6.72. The second-order valence-electron chi connectivity index (χ2n) is 19.1. The Balaban J connectivity index is 0.00000748. The first-order valence-corrected chi connectivity index (χ1v) is 20.8. The first kappa shape index (κ1) is 51.8. The van der Waals surface area contributed by atoms with Gasteiger partial charge in [-0.15, -0.1) is 0 Å². The van der Waals surface area contributed by atoms with Crippen LogP contribution in [0.1, 0.15) is 79.8 Å². The van der Waals surface area contributed by atoms with Crippen LogP contribution >= 0.6 is 0 Å². The number of ketones is 1. The van der Waals surface area contributed by atoms with E-state index in [4.69, 9.17) is 28.4 Å². The molecule has 0 aromatic heterocycles. The molecule has 2 bridgehead atoms. The number of carbonyl (C=O) groups excluding carboxylic acids is 4. The number of hydrogen-bond acceptors (Lipinski definition) is 18. The van der Waals surface area contributed by atoms with Crippen LogP contribution in [0.25, 0.3) is 0 Å². The van der Waals surface area contributed by atoms with Crippen molar-refractivity contribution in [2.75, 3.05) is 19.8 Å². The minimum Gasteiger partial charge on any atom is -0.456 e. The Morgan fingerprint density at radius 3 is 2.19 bits per heavy atom. The molecule has 5 aliphatic rings. The van der Waals surface area contributed by atoms with E-state index in [0.717, 1.165) is 0 Å². The van der Waals surface area contributed by atoms with Crippen LogP contribution < -0.4 is 5.32 Å². The number of ether oxygens (including phenoxy) is 6. The molecule has 2 aliphatic heterocycles. The monoisotopic (exact) mass is 1110 g/mol. The van der Waals surface area contributed by atoms with Crippen LogP contribution in [0, 0.1) is 66.7 Å². The van der Waals surface area contributed by atoms with Crippen molar-refractivity contribution in [3.8, 4) is 0 Å². The zero-order valence-corrected chi connectivity index (χ0v) is 41.4. The standard InChI is InChI=1S/C43H61NO18.Ac/c1-19-22(59-36(53)30(49)28(21-12-10-9-11-13-21)44-38(54)62-39(3,4)5)15-43(56)20(2)34-41(8,24(46)14-25-42(34,55)18-58-25)35(52)33(27(19)40(43,6)7)61-26(47)17-57-37-32(51)31(50)29(48)23(16-45)60-37;/h9-13,20,22-25,28-34,37,45-46,48-51,55-56H,14-18H2,1-8H3,(H,44,54);/t20-,22?,23?,24?,25?,28?,29?,30?,31?,32?,33?,34?,37?,41+,42?,43?;/m0./s1. The van der Waals surface area contributed by atoms with Crippen molar-refractivity contribution in [2.45, 2.75) is 152 Å². The largest absolute Gasteiger partial charge is 0.456 e. The molecule has 20 heteroatoms. The van der Waals surface area contributed by atoms with Crippen molar-refractivity contribution in [1.82, 2.24) is 5.32 Å². The summed E-state index contributed by atoms with van der Waals surface area (Å²) in [5.74, 6) is -5.60. The molecule has 2 saturated heterocycles. The maximum absolute atomic E-state index is 15.3. The summed E-state index contributed by atoms with van der Waals surface area (Å²) in [4.78, 5) is 56.2. The van der Waals surface area contributed by atoms with E-state index in [1.165, 1.54) is 13.8 Å². The maximum atomic E-state index is 15.3. The van der Waals surface area contributed by atoms with E-state index in [2.05, 4.69) is 5.32 Å². The van der Waals surface area contributed by atoms with Crippen LogP contribution in [0.15, 0.2) is 41.5 Å². The fourth-order valence-corrected chi connectivity index (χ4v) is 10.5. The Labute approximate surface area is 401 Å². The normalized spacial score (nSPS) is 39.4. The smallest absolute Gasteiger partial charge is 0.408 e. The molecule has 6 rings (SSSR count). The topological polar surface area (TPSA) is 298 Å². The molecule has 1 radical (unpaired) electrons. The molecule has 1 amide bonds. The zero-order valence-electron chi connectivity index (χ0n) is 36.7. The molecule has 14 unspecified atom stereocenters. The van der Waals surface area contributed by atoms with Gasteiger partial charge in [-0.2, -0.15) is 0 Å². The first-order valence-electron chi connectivity index (χ1n) is 20.8. The Bertz CT molecular complexity index is 1910. The molecule has 349 valence electrons. The van der Waals surface area contributed by atoms with Gasteiger partial charge in [0.15, 0.2) is 24.3 Å². The number of benzene rings is 1. The van der Waals surface area contributed by atoms with Gasteiger partial charge in [-0.05, 0) is 57.2 Å². The predicted octanol–water partition coefficient (Wildman–Crippen LogP) is -0.533. The molecule has 4 fully saturated rings. The minimum absolute atomic E-state index is 0. The molecule has 1 aromatic rings. The van der Waals surface area contributed by atoms with Gasteiger partial charge >= 0.3 is 18.0 Å². The number of esters is 2. The molecule has 3 aliphatic carbocycles. The molecule has 2 saturated carbocycles. The fraction of sp³-hybridized carbons (Fsp3) is 0.721. The van der Waals surface area contributed by atoms with Gasteiger partial charge in [-0.3, -0.25) is 4.79 Å². The molecule has 2 heterocycles. The Morgan fingerprint density at radius 1 is 0.984 bits per heavy atom. The molecule has 63 heavy (non-hydrogen) atoms. The van der Waals surface area contributed by atoms with E-state index in [9.17, 15) is 55.2 Å². The van der Waals surface area contributed by atoms with Crippen molar-refractivity contribution in [2.24, 2.45) is 22.7 Å². The number of hydrogen-bond donors (Lipinski definition) is 9. The van der Waals surface area contributed by atoms with E-state index < -0.39 is 144 Å². The van der Waals surface area contributed by atoms with Crippen LogP contribution in [-0.2, 0) is 42.8 Å². The molecule has 16 atom stereocenters. The van der Waals surface area contributed by atoms with Gasteiger partial charge in [0.2, 0.25) is 0 Å². The van der Waals surface area contributed by atoms with Gasteiger partial charge in [0.05, 0.1) is 42.5 Å². The van der Waals surface area contributed by atoms with Crippen molar-refractivity contribution in [1.29, 1.82) is 0 Å². The third kappa shape index (κ3) is 9.16. The molecular formula is C43H61AcNO18. The first-order chi connectivity index (χ1) is 28.7. The zero-order chi connectivity index (χ0) is 46.1. The quantitative estimate of drug-likeness (QED) is 0.0808. The van der Waals surface area contributed by atoms with Crippen molar-refractivity contribution in [3.05, 3.63) is 47.0 Å². The predicted molar refractivity (Wildman–Crippen MR) is 211 cm³/mol. The van der Waals surface area contributed by atoms with Gasteiger partial charge in [-0.25, -0.2) is 14.4 Å². The number of carbonyl (C=O) groups is 4. The van der Waals surface area contributed by atoms with Crippen molar-refractivity contribution < 1.29 is 133 Å². The van der Waals surface area contributed by atoms with E-state index in [-0.39, 0.29) is 74.7 Å². The van der Waals surface area contributed by atoms with Crippen LogP contribution in [0.2, 0.25) is 0 Å². The van der Waals surface area contributed by atoms with Crippen LogP contribution in [0.3, 0.4) is 0 Å². The molecular weight excluding hydrogens is 1050 g/mol. The van der Waals surface area contributed by atoms with Gasteiger partial charge in [0.1, 0.15) is 48.3 Å². The van der Waals surface area contributed by atoms with Crippen LogP contribution in [-0.4, -0.2) is 163 Å². The number of rotatable bonds is 10. The summed E-state index contributed by atoms with van der Waals surface area (Å²) < 4.78 is 33.8. The van der Waals surface area contributed by atoms with E-state index in [0.29, 0.717) is 5.56 Å². The molecule has 9 N–H and O–H groups in total. The fourth-order valence-electron chi connectivity index (χ4n) is 10.5. The summed E-state index contributed by atoms with van der Waals surface area (Å²) >= 11 is 0. The minimum atomic E-state index is -2.05. The Morgan fingerprint density at radius 2 is 1.62 bits per heavy atom.